The largest absolute Gasteiger partial charge is 0.397 e. The number of thiophene rings is 1. The van der Waals surface area contributed by atoms with Crippen LogP contribution in [0.5, 0.6) is 0 Å². The Morgan fingerprint density at radius 1 is 1.13 bits per heavy atom. The number of pyridine rings is 1. The third-order valence-electron chi connectivity index (χ3n) is 8.19. The number of H-pyrrole nitrogens is 1. The predicted octanol–water partition coefficient (Wildman–Crippen LogP) is 7.82. The van der Waals surface area contributed by atoms with Crippen LogP contribution in [0.3, 0.4) is 0 Å². The topological polar surface area (TPSA) is 81.8 Å². The molecular weight excluding hydrogens is 498 g/mol. The van der Waals surface area contributed by atoms with E-state index in [1.54, 1.807) is 11.3 Å². The third kappa shape index (κ3) is 5.23. The summed E-state index contributed by atoms with van der Waals surface area (Å²) in [4.78, 5) is 12.4. The van der Waals surface area contributed by atoms with Crippen molar-refractivity contribution in [2.24, 2.45) is 5.92 Å². The number of hydrogen-bond acceptors (Lipinski definition) is 5. The van der Waals surface area contributed by atoms with Gasteiger partial charge in [0, 0.05) is 27.9 Å². The van der Waals surface area contributed by atoms with E-state index in [1.165, 1.54) is 48.4 Å². The third-order valence-corrected chi connectivity index (χ3v) is 9.09. The molecule has 6 rings (SSSR count). The van der Waals surface area contributed by atoms with Crippen molar-refractivity contribution in [2.45, 2.75) is 46.0 Å². The average molecular weight is 536 g/mol. The first-order valence-corrected chi connectivity index (χ1v) is 15.0. The molecule has 2 aliphatic rings. The highest BCUT2D eigenvalue weighted by Gasteiger charge is 2.21. The summed E-state index contributed by atoms with van der Waals surface area (Å²) in [5.74, 6) is 0.476. The number of piperidine rings is 1. The number of benzene rings is 1. The van der Waals surface area contributed by atoms with Gasteiger partial charge in [-0.2, -0.15) is 0 Å². The number of hydrogen-bond donors (Lipinski definition) is 3. The molecule has 1 fully saturated rings. The molecule has 4 N–H and O–H groups in total. The van der Waals surface area contributed by atoms with Gasteiger partial charge in [0.15, 0.2) is 0 Å². The first-order valence-electron chi connectivity index (χ1n) is 14.1. The lowest BCUT2D eigenvalue weighted by atomic mass is 10.0. The molecule has 1 aromatic carbocycles. The van der Waals surface area contributed by atoms with Gasteiger partial charge in [-0.3, -0.25) is 10.3 Å². The number of nitrogen functional groups attached to an aromatic ring is 1. The van der Waals surface area contributed by atoms with Gasteiger partial charge >= 0.3 is 0 Å². The number of nitrogens with two attached hydrogens (primary N) is 1. The summed E-state index contributed by atoms with van der Waals surface area (Å²) in [7, 11) is 0. The minimum Gasteiger partial charge on any atom is -0.397 e. The molecule has 200 valence electrons. The molecule has 1 aliphatic carbocycles. The van der Waals surface area contributed by atoms with Crippen molar-refractivity contribution in [3.05, 3.63) is 88.2 Å². The fraction of sp³-hybridized carbons (Fsp3) is 0.333. The molecule has 0 spiro atoms. The summed E-state index contributed by atoms with van der Waals surface area (Å²) in [6.45, 7) is 7.82. The van der Waals surface area contributed by atoms with Crippen molar-refractivity contribution in [1.29, 1.82) is 5.41 Å². The van der Waals surface area contributed by atoms with Gasteiger partial charge in [-0.25, -0.2) is 4.98 Å². The standard InChI is InChI=1S/C33H37N5S/c1-21-11-12-23(20-38-15-4-3-5-16-38)19-24(18-21)27-14-13-26(34)33(36-27)31(35)32-22(2)30-25(29-10-7-17-39-29)8-6-9-28(30)37-32/h6-10,13-14,17-19,21,35,37H,3-5,11-12,15-16,20,34H2,1-2H3. The molecule has 4 aromatic rings. The van der Waals surface area contributed by atoms with Crippen molar-refractivity contribution in [1.82, 2.24) is 14.9 Å². The summed E-state index contributed by atoms with van der Waals surface area (Å²) in [5, 5.41) is 12.5. The molecule has 39 heavy (non-hydrogen) atoms. The van der Waals surface area contributed by atoms with Crippen LogP contribution in [-0.4, -0.2) is 40.2 Å². The number of fused-ring (bicyclic) bond motifs is 1. The average Bonchev–Trinajstić information content (AvgIpc) is 3.56. The van der Waals surface area contributed by atoms with E-state index in [0.29, 0.717) is 23.0 Å². The lowest BCUT2D eigenvalue weighted by molar-refractivity contribution is 0.244. The Labute approximate surface area is 235 Å². The fourth-order valence-corrected chi connectivity index (χ4v) is 6.84. The second-order valence-corrected chi connectivity index (χ2v) is 12.1. The minimum atomic E-state index is 0.333. The maximum atomic E-state index is 9.22. The van der Waals surface area contributed by atoms with Crippen LogP contribution in [0.1, 0.15) is 61.7 Å². The van der Waals surface area contributed by atoms with Gasteiger partial charge in [-0.15, -0.1) is 11.3 Å². The number of allylic oxidation sites excluding steroid dienone is 3. The number of aromatic amines is 1. The molecule has 4 heterocycles. The number of likely N-dealkylation sites (tertiary alicyclic amines) is 1. The fourth-order valence-electron chi connectivity index (χ4n) is 6.08. The number of rotatable bonds is 6. The molecular formula is C33H37N5S. The van der Waals surface area contributed by atoms with Crippen LogP contribution in [0.15, 0.2) is 65.6 Å². The van der Waals surface area contributed by atoms with Gasteiger partial charge < -0.3 is 10.7 Å². The van der Waals surface area contributed by atoms with Gasteiger partial charge in [0.05, 0.1) is 17.1 Å². The van der Waals surface area contributed by atoms with E-state index in [-0.39, 0.29) is 0 Å². The summed E-state index contributed by atoms with van der Waals surface area (Å²) in [6.07, 6.45) is 10.9. The molecule has 0 amide bonds. The lowest BCUT2D eigenvalue weighted by Gasteiger charge is -2.27. The zero-order chi connectivity index (χ0) is 26.9. The number of aryl methyl sites for hydroxylation is 1. The first-order chi connectivity index (χ1) is 19.0. The molecule has 0 bridgehead atoms. The van der Waals surface area contributed by atoms with Gasteiger partial charge in [-0.05, 0) is 92.4 Å². The van der Waals surface area contributed by atoms with E-state index in [4.69, 9.17) is 10.7 Å². The molecule has 0 saturated carbocycles. The van der Waals surface area contributed by atoms with E-state index >= 15 is 0 Å². The van der Waals surface area contributed by atoms with E-state index in [1.807, 2.05) is 12.1 Å². The quantitative estimate of drug-likeness (QED) is 0.220. The van der Waals surface area contributed by atoms with Crippen LogP contribution in [0.25, 0.3) is 26.9 Å². The second-order valence-electron chi connectivity index (χ2n) is 11.1. The molecule has 1 unspecified atom stereocenters. The van der Waals surface area contributed by atoms with Gasteiger partial charge in [0.2, 0.25) is 0 Å². The highest BCUT2D eigenvalue weighted by atomic mass is 32.1. The monoisotopic (exact) mass is 535 g/mol. The van der Waals surface area contributed by atoms with E-state index in [9.17, 15) is 5.41 Å². The summed E-state index contributed by atoms with van der Waals surface area (Å²) < 4.78 is 0. The van der Waals surface area contributed by atoms with Crippen molar-refractivity contribution in [3.8, 4) is 10.4 Å². The Morgan fingerprint density at radius 3 is 2.77 bits per heavy atom. The minimum absolute atomic E-state index is 0.333. The maximum Gasteiger partial charge on any atom is 0.114 e. The summed E-state index contributed by atoms with van der Waals surface area (Å²) in [6, 6.07) is 14.5. The Balaban J connectivity index is 1.35. The summed E-state index contributed by atoms with van der Waals surface area (Å²) >= 11 is 1.73. The van der Waals surface area contributed by atoms with Gasteiger partial charge in [0.25, 0.3) is 0 Å². The number of nitrogens with zero attached hydrogens (tertiary/aromatic N) is 2. The molecule has 1 atom stereocenters. The van der Waals surface area contributed by atoms with Crippen molar-refractivity contribution >= 4 is 39.2 Å². The van der Waals surface area contributed by atoms with E-state index in [2.05, 4.69) is 71.6 Å². The van der Waals surface area contributed by atoms with Crippen LogP contribution in [0.4, 0.5) is 5.69 Å². The molecule has 6 heteroatoms. The van der Waals surface area contributed by atoms with E-state index in [0.717, 1.165) is 52.8 Å². The summed E-state index contributed by atoms with van der Waals surface area (Å²) in [5.41, 5.74) is 15.4. The van der Waals surface area contributed by atoms with Crippen LogP contribution in [0.2, 0.25) is 0 Å². The number of nitrogens with one attached hydrogen (secondary N) is 2. The Kier molecular flexibility index (Phi) is 7.24. The predicted molar refractivity (Wildman–Crippen MR) is 166 cm³/mol. The number of anilines is 1. The molecule has 5 nitrogen and oxygen atoms in total. The van der Waals surface area contributed by atoms with Crippen molar-refractivity contribution < 1.29 is 0 Å². The van der Waals surface area contributed by atoms with Gasteiger partial charge in [0.1, 0.15) is 11.4 Å². The van der Waals surface area contributed by atoms with Crippen LogP contribution < -0.4 is 5.73 Å². The van der Waals surface area contributed by atoms with Crippen molar-refractivity contribution in [3.63, 3.8) is 0 Å². The van der Waals surface area contributed by atoms with Crippen molar-refractivity contribution in [2.75, 3.05) is 25.4 Å². The molecule has 1 saturated heterocycles. The molecule has 0 radical (unpaired) electrons. The zero-order valence-corrected chi connectivity index (χ0v) is 23.7. The van der Waals surface area contributed by atoms with E-state index < -0.39 is 0 Å². The zero-order valence-electron chi connectivity index (χ0n) is 22.9. The Hall–Kier alpha value is -3.48. The normalized spacial score (nSPS) is 18.6. The Morgan fingerprint density at radius 2 is 1.97 bits per heavy atom. The first kappa shape index (κ1) is 25.8. The maximum absolute atomic E-state index is 9.22. The lowest BCUT2D eigenvalue weighted by Crippen LogP contribution is -2.31. The van der Waals surface area contributed by atoms with Gasteiger partial charge in [-0.1, -0.05) is 49.3 Å². The van der Waals surface area contributed by atoms with Crippen LogP contribution >= 0.6 is 11.3 Å². The smallest absolute Gasteiger partial charge is 0.114 e. The number of aromatic nitrogens is 2. The highest BCUT2D eigenvalue weighted by molar-refractivity contribution is 7.13. The molecule has 3 aromatic heterocycles. The SMILES string of the molecule is Cc1c(C(=N)c2nc(C3=CC(C)CCC(CN4CCCCC4)=C3)ccc2N)[nH]c2cccc(-c3cccs3)c12. The molecule has 1 aliphatic heterocycles. The second kappa shape index (κ2) is 10.9. The van der Waals surface area contributed by atoms with Crippen LogP contribution in [-0.2, 0) is 0 Å². The van der Waals surface area contributed by atoms with Crippen LogP contribution in [0, 0.1) is 18.3 Å². The Bertz CT molecular complexity index is 1570. The highest BCUT2D eigenvalue weighted by Crippen LogP contribution is 2.36.